The van der Waals surface area contributed by atoms with Gasteiger partial charge in [0.2, 0.25) is 0 Å². The molecule has 1 aliphatic heterocycles. The second-order valence-corrected chi connectivity index (χ2v) is 5.65. The first kappa shape index (κ1) is 17.4. The molecule has 1 saturated heterocycles. The molecular formula is C17H24N2O4. The molecule has 0 bridgehead atoms. The number of rotatable bonds is 8. The van der Waals surface area contributed by atoms with Crippen LogP contribution in [0.25, 0.3) is 0 Å². The highest BCUT2D eigenvalue weighted by atomic mass is 16.6. The minimum absolute atomic E-state index is 0.263. The summed E-state index contributed by atoms with van der Waals surface area (Å²) in [5.41, 5.74) is 1.72. The Morgan fingerprint density at radius 1 is 1.39 bits per heavy atom. The lowest BCUT2D eigenvalue weighted by molar-refractivity contribution is -0.143. The van der Waals surface area contributed by atoms with Crippen molar-refractivity contribution in [1.82, 2.24) is 4.90 Å². The fraction of sp³-hybridized carbons (Fsp3) is 0.529. The van der Waals surface area contributed by atoms with Gasteiger partial charge < -0.3 is 14.7 Å². The molecule has 0 saturated carbocycles. The van der Waals surface area contributed by atoms with Crippen LogP contribution in [0.15, 0.2) is 35.5 Å². The molecule has 6 heteroatoms. The van der Waals surface area contributed by atoms with Crippen molar-refractivity contribution < 1.29 is 19.5 Å². The molecular weight excluding hydrogens is 296 g/mol. The second-order valence-electron chi connectivity index (χ2n) is 5.65. The molecule has 0 aromatic heterocycles. The van der Waals surface area contributed by atoms with Gasteiger partial charge in [0.05, 0.1) is 12.5 Å². The SMILES string of the molecule is COCC(=NOCCN1CCCC(C(=O)O)C1)c1ccccc1. The van der Waals surface area contributed by atoms with Gasteiger partial charge in [-0.05, 0) is 19.4 Å². The maximum absolute atomic E-state index is 11.1. The van der Waals surface area contributed by atoms with Gasteiger partial charge >= 0.3 is 5.97 Å². The standard InChI is InChI=1S/C17H24N2O4/c1-22-13-16(14-6-3-2-4-7-14)18-23-11-10-19-9-5-8-15(12-19)17(20)21/h2-4,6-7,15H,5,8-13H2,1H3,(H,20,21). The number of hydrogen-bond donors (Lipinski definition) is 1. The molecule has 1 aromatic rings. The van der Waals surface area contributed by atoms with Gasteiger partial charge in [-0.25, -0.2) is 0 Å². The van der Waals surface area contributed by atoms with E-state index in [1.807, 2.05) is 30.3 Å². The predicted octanol–water partition coefficient (Wildman–Crippen LogP) is 1.85. The molecule has 1 fully saturated rings. The molecule has 1 heterocycles. The minimum Gasteiger partial charge on any atom is -0.481 e. The summed E-state index contributed by atoms with van der Waals surface area (Å²) < 4.78 is 5.16. The van der Waals surface area contributed by atoms with Crippen molar-refractivity contribution in [1.29, 1.82) is 0 Å². The highest BCUT2D eigenvalue weighted by Gasteiger charge is 2.24. The minimum atomic E-state index is -0.708. The van der Waals surface area contributed by atoms with Crippen molar-refractivity contribution in [3.8, 4) is 0 Å². The van der Waals surface area contributed by atoms with Gasteiger partial charge in [0.15, 0.2) is 0 Å². The summed E-state index contributed by atoms with van der Waals surface area (Å²) in [5, 5.41) is 13.3. The lowest BCUT2D eigenvalue weighted by Crippen LogP contribution is -2.40. The first-order chi connectivity index (χ1) is 11.2. The Bertz CT molecular complexity index is 519. The number of oxime groups is 1. The summed E-state index contributed by atoms with van der Waals surface area (Å²) in [4.78, 5) is 18.6. The Balaban J connectivity index is 1.81. The van der Waals surface area contributed by atoms with E-state index in [4.69, 9.17) is 14.7 Å². The van der Waals surface area contributed by atoms with Crippen LogP contribution in [-0.2, 0) is 14.4 Å². The monoisotopic (exact) mass is 320 g/mol. The van der Waals surface area contributed by atoms with Gasteiger partial charge in [0, 0.05) is 25.8 Å². The second kappa shape index (κ2) is 9.27. The summed E-state index contributed by atoms with van der Waals surface area (Å²) >= 11 is 0. The van der Waals surface area contributed by atoms with E-state index < -0.39 is 5.97 Å². The lowest BCUT2D eigenvalue weighted by Gasteiger charge is -2.29. The van der Waals surface area contributed by atoms with Gasteiger partial charge in [0.25, 0.3) is 0 Å². The largest absolute Gasteiger partial charge is 0.481 e. The fourth-order valence-corrected chi connectivity index (χ4v) is 2.68. The fourth-order valence-electron chi connectivity index (χ4n) is 2.68. The number of carboxylic acids is 1. The predicted molar refractivity (Wildman–Crippen MR) is 87.6 cm³/mol. The van der Waals surface area contributed by atoms with Gasteiger partial charge in [-0.2, -0.15) is 0 Å². The number of carboxylic acid groups (broad SMARTS) is 1. The quantitative estimate of drug-likeness (QED) is 0.450. The van der Waals surface area contributed by atoms with Crippen LogP contribution in [0.1, 0.15) is 18.4 Å². The molecule has 1 aliphatic rings. The normalized spacial score (nSPS) is 19.5. The molecule has 6 nitrogen and oxygen atoms in total. The number of nitrogens with zero attached hydrogens (tertiary/aromatic N) is 2. The Morgan fingerprint density at radius 2 is 2.17 bits per heavy atom. The molecule has 1 atom stereocenters. The van der Waals surface area contributed by atoms with E-state index in [1.54, 1.807) is 7.11 Å². The maximum Gasteiger partial charge on any atom is 0.307 e. The van der Waals surface area contributed by atoms with E-state index in [0.29, 0.717) is 26.3 Å². The number of ether oxygens (including phenoxy) is 1. The van der Waals surface area contributed by atoms with E-state index in [1.165, 1.54) is 0 Å². The Labute approximate surface area is 136 Å². The van der Waals surface area contributed by atoms with Crippen LogP contribution in [0, 0.1) is 5.92 Å². The zero-order valence-electron chi connectivity index (χ0n) is 13.5. The molecule has 1 aromatic carbocycles. The van der Waals surface area contributed by atoms with Crippen LogP contribution in [0.3, 0.4) is 0 Å². The number of benzene rings is 1. The van der Waals surface area contributed by atoms with E-state index in [0.717, 1.165) is 30.7 Å². The van der Waals surface area contributed by atoms with Crippen molar-refractivity contribution in [3.05, 3.63) is 35.9 Å². The van der Waals surface area contributed by atoms with E-state index >= 15 is 0 Å². The molecule has 0 amide bonds. The smallest absolute Gasteiger partial charge is 0.307 e. The topological polar surface area (TPSA) is 71.4 Å². The van der Waals surface area contributed by atoms with Crippen LogP contribution in [0.4, 0.5) is 0 Å². The average Bonchev–Trinajstić information content (AvgIpc) is 2.58. The summed E-state index contributed by atoms with van der Waals surface area (Å²) in [6.45, 7) is 3.01. The number of methoxy groups -OCH3 is 1. The number of hydrogen-bond acceptors (Lipinski definition) is 5. The first-order valence-electron chi connectivity index (χ1n) is 7.89. The highest BCUT2D eigenvalue weighted by Crippen LogP contribution is 2.16. The van der Waals surface area contributed by atoms with Crippen LogP contribution < -0.4 is 0 Å². The molecule has 2 rings (SSSR count). The zero-order chi connectivity index (χ0) is 16.5. The summed E-state index contributed by atoms with van der Waals surface area (Å²) in [7, 11) is 1.62. The van der Waals surface area contributed by atoms with Gasteiger partial charge in [-0.1, -0.05) is 35.5 Å². The molecule has 1 N–H and O–H groups in total. The van der Waals surface area contributed by atoms with E-state index in [2.05, 4.69) is 10.1 Å². The van der Waals surface area contributed by atoms with E-state index in [9.17, 15) is 4.79 Å². The van der Waals surface area contributed by atoms with Crippen molar-refractivity contribution >= 4 is 11.7 Å². The number of likely N-dealkylation sites (tertiary alicyclic amines) is 1. The molecule has 23 heavy (non-hydrogen) atoms. The third-order valence-corrected chi connectivity index (χ3v) is 3.92. The number of carbonyl (C=O) groups is 1. The summed E-state index contributed by atoms with van der Waals surface area (Å²) in [6.07, 6.45) is 1.68. The van der Waals surface area contributed by atoms with Crippen molar-refractivity contribution in [2.75, 3.05) is 40.0 Å². The highest BCUT2D eigenvalue weighted by molar-refractivity contribution is 6.01. The van der Waals surface area contributed by atoms with Crippen molar-refractivity contribution in [2.24, 2.45) is 11.1 Å². The number of aliphatic carboxylic acids is 1. The maximum atomic E-state index is 11.1. The third kappa shape index (κ3) is 5.65. The Kier molecular flexibility index (Phi) is 7.03. The van der Waals surface area contributed by atoms with E-state index in [-0.39, 0.29) is 5.92 Å². The zero-order valence-corrected chi connectivity index (χ0v) is 13.5. The van der Waals surface area contributed by atoms with Crippen molar-refractivity contribution in [3.63, 3.8) is 0 Å². The van der Waals surface area contributed by atoms with Gasteiger partial charge in [0.1, 0.15) is 12.3 Å². The molecule has 0 aliphatic carbocycles. The van der Waals surface area contributed by atoms with Crippen LogP contribution in [0.2, 0.25) is 0 Å². The van der Waals surface area contributed by atoms with Gasteiger partial charge in [-0.15, -0.1) is 0 Å². The first-order valence-corrected chi connectivity index (χ1v) is 7.89. The van der Waals surface area contributed by atoms with Gasteiger partial charge in [-0.3, -0.25) is 9.69 Å². The van der Waals surface area contributed by atoms with Crippen LogP contribution in [-0.4, -0.2) is 61.6 Å². The molecule has 0 spiro atoms. The Morgan fingerprint density at radius 3 is 2.87 bits per heavy atom. The summed E-state index contributed by atoms with van der Waals surface area (Å²) in [6, 6.07) is 9.76. The lowest BCUT2D eigenvalue weighted by atomic mass is 9.98. The van der Waals surface area contributed by atoms with Crippen LogP contribution in [0.5, 0.6) is 0 Å². The average molecular weight is 320 g/mol. The third-order valence-electron chi connectivity index (χ3n) is 3.92. The summed E-state index contributed by atoms with van der Waals surface area (Å²) in [5.74, 6) is -0.972. The molecule has 126 valence electrons. The number of piperidine rings is 1. The van der Waals surface area contributed by atoms with Crippen LogP contribution >= 0.6 is 0 Å². The molecule has 0 radical (unpaired) electrons. The van der Waals surface area contributed by atoms with Crippen molar-refractivity contribution in [2.45, 2.75) is 12.8 Å². The molecule has 1 unspecified atom stereocenters. The Hall–Kier alpha value is -1.92.